The Balaban J connectivity index is 4.00. The smallest absolute Gasteiger partial charge is 0.339 e. The van der Waals surface area contributed by atoms with E-state index in [-0.39, 0.29) is 19.1 Å². The molecule has 0 rings (SSSR count). The molecule has 1 N–H and O–H groups in total. The van der Waals surface area contributed by atoms with Crippen LogP contribution in [0.1, 0.15) is 6.92 Å². The molecule has 8 heteroatoms. The first-order chi connectivity index (χ1) is 7.22. The number of amides is 1. The van der Waals surface area contributed by atoms with Crippen molar-refractivity contribution in [2.24, 2.45) is 0 Å². The maximum atomic E-state index is 11.2. The molecule has 0 aromatic carbocycles. The van der Waals surface area contributed by atoms with Gasteiger partial charge in [-0.1, -0.05) is 0 Å². The molecule has 0 aliphatic rings. The van der Waals surface area contributed by atoms with Crippen molar-refractivity contribution >= 4 is 16.3 Å². The van der Waals surface area contributed by atoms with Gasteiger partial charge in [0.2, 0.25) is 5.91 Å². The molecule has 0 saturated carbocycles. The summed E-state index contributed by atoms with van der Waals surface area (Å²) >= 11 is 0. The van der Waals surface area contributed by atoms with Gasteiger partial charge in [-0.25, -0.2) is 4.18 Å². The Hall–Kier alpha value is -0.700. The van der Waals surface area contributed by atoms with E-state index in [4.69, 9.17) is 4.55 Å². The highest BCUT2D eigenvalue weighted by molar-refractivity contribution is 7.80. The zero-order valence-electron chi connectivity index (χ0n) is 9.71. The highest BCUT2D eigenvalue weighted by Crippen LogP contribution is 1.93. The number of likely N-dealkylation sites (N-methyl/N-ethyl adjacent to an activating group) is 1. The van der Waals surface area contributed by atoms with Crippen LogP contribution in [0.3, 0.4) is 0 Å². The summed E-state index contributed by atoms with van der Waals surface area (Å²) in [6, 6.07) is 0. The van der Waals surface area contributed by atoms with Crippen molar-refractivity contribution in [2.75, 3.05) is 40.3 Å². The highest BCUT2D eigenvalue weighted by Gasteiger charge is 2.11. The van der Waals surface area contributed by atoms with Crippen LogP contribution in [-0.4, -0.2) is 69.0 Å². The molecule has 0 aliphatic heterocycles. The van der Waals surface area contributed by atoms with Crippen molar-refractivity contribution in [3.63, 3.8) is 0 Å². The quantitative estimate of drug-likeness (QED) is 0.599. The predicted molar refractivity (Wildman–Crippen MR) is 58.3 cm³/mol. The van der Waals surface area contributed by atoms with Crippen LogP contribution in [0.5, 0.6) is 0 Å². The van der Waals surface area contributed by atoms with Gasteiger partial charge in [-0.05, 0) is 14.1 Å². The van der Waals surface area contributed by atoms with E-state index in [1.807, 2.05) is 19.0 Å². The Bertz CT molecular complexity index is 314. The van der Waals surface area contributed by atoms with E-state index >= 15 is 0 Å². The molecule has 16 heavy (non-hydrogen) atoms. The fourth-order valence-corrected chi connectivity index (χ4v) is 1.29. The fraction of sp³-hybridized carbons (Fsp3) is 0.875. The molecule has 0 unspecified atom stereocenters. The van der Waals surface area contributed by atoms with Crippen molar-refractivity contribution in [3.8, 4) is 0 Å². The van der Waals surface area contributed by atoms with Crippen molar-refractivity contribution < 1.29 is 21.9 Å². The molecule has 0 spiro atoms. The molecule has 0 fully saturated rings. The van der Waals surface area contributed by atoms with Crippen LogP contribution >= 0.6 is 0 Å². The molecular weight excluding hydrogens is 236 g/mol. The number of nitrogens with zero attached hydrogens (tertiary/aromatic N) is 2. The molecule has 0 atom stereocenters. The van der Waals surface area contributed by atoms with Gasteiger partial charge in [-0.3, -0.25) is 9.35 Å². The van der Waals surface area contributed by atoms with Crippen molar-refractivity contribution in [1.82, 2.24) is 9.80 Å². The van der Waals surface area contributed by atoms with E-state index in [2.05, 4.69) is 4.18 Å². The van der Waals surface area contributed by atoms with E-state index in [1.165, 1.54) is 11.8 Å². The Morgan fingerprint density at radius 1 is 1.25 bits per heavy atom. The molecule has 0 aliphatic carbocycles. The van der Waals surface area contributed by atoms with Crippen LogP contribution in [0.25, 0.3) is 0 Å². The van der Waals surface area contributed by atoms with Gasteiger partial charge < -0.3 is 9.80 Å². The summed E-state index contributed by atoms with van der Waals surface area (Å²) in [5, 5.41) is 0. The number of hydrogen-bond donors (Lipinski definition) is 1. The van der Waals surface area contributed by atoms with Gasteiger partial charge in [0.1, 0.15) is 0 Å². The van der Waals surface area contributed by atoms with E-state index in [0.717, 1.165) is 0 Å². The molecule has 0 aromatic rings. The van der Waals surface area contributed by atoms with Crippen molar-refractivity contribution in [2.45, 2.75) is 6.92 Å². The molecule has 0 radical (unpaired) electrons. The number of rotatable bonds is 7. The lowest BCUT2D eigenvalue weighted by atomic mass is 10.4. The maximum Gasteiger partial charge on any atom is 0.397 e. The van der Waals surface area contributed by atoms with E-state index in [9.17, 15) is 13.2 Å². The molecule has 0 aromatic heterocycles. The second-order valence-corrected chi connectivity index (χ2v) is 4.65. The fourth-order valence-electron chi connectivity index (χ4n) is 1.00. The first-order valence-electron chi connectivity index (χ1n) is 4.74. The number of carbonyl (C=O) groups excluding carboxylic acids is 1. The lowest BCUT2D eigenvalue weighted by Gasteiger charge is -2.22. The van der Waals surface area contributed by atoms with E-state index in [0.29, 0.717) is 13.1 Å². The van der Waals surface area contributed by atoms with Gasteiger partial charge >= 0.3 is 10.4 Å². The molecule has 7 nitrogen and oxygen atoms in total. The largest absolute Gasteiger partial charge is 0.397 e. The molecule has 96 valence electrons. The van der Waals surface area contributed by atoms with Gasteiger partial charge in [0, 0.05) is 26.6 Å². The molecule has 0 heterocycles. The topological polar surface area (TPSA) is 87.1 Å². The minimum Gasteiger partial charge on any atom is -0.339 e. The minimum absolute atomic E-state index is 0.128. The maximum absolute atomic E-state index is 11.2. The van der Waals surface area contributed by atoms with Crippen LogP contribution in [0.15, 0.2) is 0 Å². The van der Waals surface area contributed by atoms with Gasteiger partial charge in [-0.2, -0.15) is 8.42 Å². The minimum atomic E-state index is -4.43. The third kappa shape index (κ3) is 8.60. The summed E-state index contributed by atoms with van der Waals surface area (Å²) in [7, 11) is -0.689. The summed E-state index contributed by atoms with van der Waals surface area (Å²) in [6.07, 6.45) is 0. The first kappa shape index (κ1) is 15.3. The Kier molecular flexibility index (Phi) is 6.49. The van der Waals surface area contributed by atoms with Crippen LogP contribution in [0.4, 0.5) is 0 Å². The monoisotopic (exact) mass is 254 g/mol. The summed E-state index contributed by atoms with van der Waals surface area (Å²) in [6.45, 7) is 2.43. The van der Waals surface area contributed by atoms with Gasteiger partial charge in [0.15, 0.2) is 0 Å². The Labute approximate surface area is 95.9 Å². The molecule has 0 saturated heterocycles. The van der Waals surface area contributed by atoms with Crippen LogP contribution in [0, 0.1) is 0 Å². The number of carbonyl (C=O) groups is 1. The molecule has 1 amide bonds. The average molecular weight is 254 g/mol. The first-order valence-corrected chi connectivity index (χ1v) is 6.11. The lowest BCUT2D eigenvalue weighted by molar-refractivity contribution is -0.129. The summed E-state index contributed by atoms with van der Waals surface area (Å²) < 4.78 is 33.0. The number of hydrogen-bond acceptors (Lipinski definition) is 5. The Morgan fingerprint density at radius 3 is 2.19 bits per heavy atom. The van der Waals surface area contributed by atoms with Crippen molar-refractivity contribution in [1.29, 1.82) is 0 Å². The van der Waals surface area contributed by atoms with Gasteiger partial charge in [-0.15, -0.1) is 0 Å². The average Bonchev–Trinajstić information content (AvgIpc) is 2.07. The van der Waals surface area contributed by atoms with Gasteiger partial charge in [0.25, 0.3) is 0 Å². The van der Waals surface area contributed by atoms with E-state index < -0.39 is 10.4 Å². The summed E-state index contributed by atoms with van der Waals surface area (Å²) in [5.41, 5.74) is 0. The zero-order chi connectivity index (χ0) is 12.8. The molecular formula is C8H18N2O5S. The van der Waals surface area contributed by atoms with Crippen LogP contribution < -0.4 is 0 Å². The zero-order valence-corrected chi connectivity index (χ0v) is 10.5. The lowest BCUT2D eigenvalue weighted by Crippen LogP contribution is -2.37. The molecule has 0 bridgehead atoms. The third-order valence-corrected chi connectivity index (χ3v) is 2.32. The highest BCUT2D eigenvalue weighted by atomic mass is 32.3. The SMILES string of the molecule is CC(=O)N(CCOS(=O)(=O)O)CCN(C)C. The van der Waals surface area contributed by atoms with Gasteiger partial charge in [0.05, 0.1) is 6.61 Å². The summed E-state index contributed by atoms with van der Waals surface area (Å²) in [5.74, 6) is -0.166. The Morgan fingerprint density at radius 2 is 1.81 bits per heavy atom. The normalized spacial score (nSPS) is 11.8. The van der Waals surface area contributed by atoms with Crippen molar-refractivity contribution in [3.05, 3.63) is 0 Å². The standard InChI is InChI=1S/C8H18N2O5S/c1-8(11)10(5-4-9(2)3)6-7-15-16(12,13)14/h4-7H2,1-3H3,(H,12,13,14). The van der Waals surface area contributed by atoms with Crippen LogP contribution in [-0.2, 0) is 19.4 Å². The second-order valence-electron chi connectivity index (χ2n) is 3.56. The summed E-state index contributed by atoms with van der Waals surface area (Å²) in [4.78, 5) is 14.5. The third-order valence-electron chi connectivity index (χ3n) is 1.86. The second kappa shape index (κ2) is 6.79. The van der Waals surface area contributed by atoms with Crippen LogP contribution in [0.2, 0.25) is 0 Å². The van der Waals surface area contributed by atoms with E-state index in [1.54, 1.807) is 0 Å². The predicted octanol–water partition coefficient (Wildman–Crippen LogP) is -0.784.